The summed E-state index contributed by atoms with van der Waals surface area (Å²) in [6.45, 7) is 2.03. The van der Waals surface area contributed by atoms with E-state index in [0.29, 0.717) is 0 Å². The van der Waals surface area contributed by atoms with Gasteiger partial charge in [-0.05, 0) is 37.8 Å². The smallest absolute Gasteiger partial charge is 0.242 e. The molecule has 1 N–H and O–H groups in total. The van der Waals surface area contributed by atoms with Crippen LogP contribution in [-0.2, 0) is 4.79 Å². The van der Waals surface area contributed by atoms with Gasteiger partial charge in [0.15, 0.2) is 5.17 Å². The van der Waals surface area contributed by atoms with E-state index < -0.39 is 0 Å². The summed E-state index contributed by atoms with van der Waals surface area (Å²) >= 11 is 1.60. The van der Waals surface area contributed by atoms with E-state index in [9.17, 15) is 4.79 Å². The molecular formula is C13H14N2OS. The van der Waals surface area contributed by atoms with Gasteiger partial charge in [-0.25, -0.2) is 4.99 Å². The van der Waals surface area contributed by atoms with Crippen molar-refractivity contribution in [3.05, 3.63) is 29.8 Å². The van der Waals surface area contributed by atoms with Crippen LogP contribution in [0.3, 0.4) is 0 Å². The third kappa shape index (κ3) is 1.76. The molecule has 1 aromatic carbocycles. The Balaban J connectivity index is 1.87. The van der Waals surface area contributed by atoms with Gasteiger partial charge in [-0.3, -0.25) is 4.79 Å². The fraction of sp³-hybridized carbons (Fsp3) is 0.385. The fourth-order valence-electron chi connectivity index (χ4n) is 2.14. The number of aryl methyl sites for hydroxylation is 1. The molecule has 0 bridgehead atoms. The van der Waals surface area contributed by atoms with Crippen molar-refractivity contribution in [1.29, 1.82) is 0 Å². The van der Waals surface area contributed by atoms with Crippen molar-refractivity contribution < 1.29 is 4.79 Å². The molecule has 0 radical (unpaired) electrons. The van der Waals surface area contributed by atoms with Crippen molar-refractivity contribution in [2.75, 3.05) is 0 Å². The summed E-state index contributed by atoms with van der Waals surface area (Å²) in [6.07, 6.45) is 3.12. The Hall–Kier alpha value is -1.29. The Bertz CT molecular complexity index is 506. The standard InChI is InChI=1S/C13H14N2OS/c1-9-5-2-3-6-10(9)14-12-15-11(16)13(17-12)7-4-8-13/h2-3,5-6H,4,7-8H2,1H3,(H,14,15,16). The van der Waals surface area contributed by atoms with E-state index in [4.69, 9.17) is 0 Å². The quantitative estimate of drug-likeness (QED) is 0.827. The Labute approximate surface area is 105 Å². The summed E-state index contributed by atoms with van der Waals surface area (Å²) in [7, 11) is 0. The number of nitrogens with one attached hydrogen (secondary N) is 1. The van der Waals surface area contributed by atoms with Gasteiger partial charge in [-0.1, -0.05) is 30.0 Å². The second kappa shape index (κ2) is 3.88. The van der Waals surface area contributed by atoms with Crippen LogP contribution in [0.5, 0.6) is 0 Å². The van der Waals surface area contributed by atoms with Gasteiger partial charge in [-0.2, -0.15) is 0 Å². The normalized spacial score (nSPS) is 23.8. The van der Waals surface area contributed by atoms with Gasteiger partial charge in [-0.15, -0.1) is 0 Å². The molecule has 1 heterocycles. The molecule has 1 amide bonds. The number of amidine groups is 1. The molecule has 2 aliphatic rings. The predicted molar refractivity (Wildman–Crippen MR) is 70.6 cm³/mol. The predicted octanol–water partition coefficient (Wildman–Crippen LogP) is 2.77. The van der Waals surface area contributed by atoms with Gasteiger partial charge in [0.05, 0.1) is 5.69 Å². The number of carbonyl (C=O) groups excluding carboxylic acids is 1. The maximum absolute atomic E-state index is 11.9. The Morgan fingerprint density at radius 3 is 2.71 bits per heavy atom. The Morgan fingerprint density at radius 1 is 1.35 bits per heavy atom. The SMILES string of the molecule is Cc1ccccc1N=C1NC(=O)C2(CCC2)S1. The average molecular weight is 246 g/mol. The van der Waals surface area contributed by atoms with Crippen LogP contribution in [0.25, 0.3) is 0 Å². The molecule has 88 valence electrons. The molecule has 0 unspecified atom stereocenters. The molecule has 1 aliphatic carbocycles. The van der Waals surface area contributed by atoms with Crippen LogP contribution >= 0.6 is 11.8 Å². The number of hydrogen-bond acceptors (Lipinski definition) is 3. The third-order valence-electron chi connectivity index (χ3n) is 3.43. The highest BCUT2D eigenvalue weighted by Crippen LogP contribution is 2.48. The summed E-state index contributed by atoms with van der Waals surface area (Å²) in [5.41, 5.74) is 2.07. The molecule has 3 rings (SSSR count). The van der Waals surface area contributed by atoms with E-state index in [1.54, 1.807) is 11.8 Å². The van der Waals surface area contributed by atoms with Crippen LogP contribution in [0.1, 0.15) is 24.8 Å². The monoisotopic (exact) mass is 246 g/mol. The first-order valence-corrected chi connectivity index (χ1v) is 6.66. The lowest BCUT2D eigenvalue weighted by Crippen LogP contribution is -2.42. The van der Waals surface area contributed by atoms with Crippen LogP contribution in [-0.4, -0.2) is 15.8 Å². The Kier molecular flexibility index (Phi) is 2.47. The fourth-order valence-corrected chi connectivity index (χ4v) is 3.44. The van der Waals surface area contributed by atoms with Crippen LogP contribution in [0.15, 0.2) is 29.3 Å². The lowest BCUT2D eigenvalue weighted by Gasteiger charge is -2.32. The van der Waals surface area contributed by atoms with Crippen molar-refractivity contribution in [3.8, 4) is 0 Å². The van der Waals surface area contributed by atoms with Crippen molar-refractivity contribution in [3.63, 3.8) is 0 Å². The molecular weight excluding hydrogens is 232 g/mol. The second-order valence-electron chi connectivity index (χ2n) is 4.61. The van der Waals surface area contributed by atoms with Crippen molar-refractivity contribution >= 4 is 28.5 Å². The molecule has 17 heavy (non-hydrogen) atoms. The Morgan fingerprint density at radius 2 is 2.12 bits per heavy atom. The first-order valence-electron chi connectivity index (χ1n) is 5.84. The highest BCUT2D eigenvalue weighted by Gasteiger charge is 2.50. The van der Waals surface area contributed by atoms with E-state index in [1.165, 1.54) is 0 Å². The molecule has 4 heteroatoms. The topological polar surface area (TPSA) is 41.5 Å². The van der Waals surface area contributed by atoms with Crippen LogP contribution in [0.2, 0.25) is 0 Å². The van der Waals surface area contributed by atoms with Crippen LogP contribution in [0, 0.1) is 6.92 Å². The molecule has 2 fully saturated rings. The maximum atomic E-state index is 11.9. The minimum absolute atomic E-state index is 0.140. The first-order chi connectivity index (χ1) is 8.20. The van der Waals surface area contributed by atoms with Crippen molar-refractivity contribution in [2.24, 2.45) is 4.99 Å². The number of benzene rings is 1. The van der Waals surface area contributed by atoms with Gasteiger partial charge in [0.25, 0.3) is 0 Å². The summed E-state index contributed by atoms with van der Waals surface area (Å²) in [5, 5.41) is 3.65. The number of hydrogen-bond donors (Lipinski definition) is 1. The molecule has 1 spiro atoms. The van der Waals surface area contributed by atoms with E-state index in [1.807, 2.05) is 31.2 Å². The van der Waals surface area contributed by atoms with Crippen LogP contribution in [0.4, 0.5) is 5.69 Å². The van der Waals surface area contributed by atoms with Gasteiger partial charge in [0.1, 0.15) is 4.75 Å². The zero-order chi connectivity index (χ0) is 11.9. The zero-order valence-corrected chi connectivity index (χ0v) is 10.5. The zero-order valence-electron chi connectivity index (χ0n) is 9.69. The molecule has 3 nitrogen and oxygen atoms in total. The molecule has 1 aromatic rings. The average Bonchev–Trinajstić information content (AvgIpc) is 2.58. The number of carbonyl (C=O) groups is 1. The highest BCUT2D eigenvalue weighted by molar-refractivity contribution is 8.16. The summed E-state index contributed by atoms with van der Waals surface area (Å²) < 4.78 is -0.193. The number of para-hydroxylation sites is 1. The van der Waals surface area contributed by atoms with Gasteiger partial charge in [0.2, 0.25) is 5.91 Å². The summed E-state index contributed by atoms with van der Waals surface area (Å²) in [6, 6.07) is 7.96. The first kappa shape index (κ1) is 10.8. The molecule has 0 atom stereocenters. The maximum Gasteiger partial charge on any atom is 0.242 e. The lowest BCUT2D eigenvalue weighted by atomic mass is 9.84. The number of aliphatic imine (C=N–C) groups is 1. The van der Waals surface area contributed by atoms with E-state index in [0.717, 1.165) is 35.7 Å². The number of nitrogens with zero attached hydrogens (tertiary/aromatic N) is 1. The van der Waals surface area contributed by atoms with Gasteiger partial charge >= 0.3 is 0 Å². The van der Waals surface area contributed by atoms with Gasteiger partial charge < -0.3 is 5.32 Å². The minimum atomic E-state index is -0.193. The number of amides is 1. The third-order valence-corrected chi connectivity index (χ3v) is 4.80. The van der Waals surface area contributed by atoms with Gasteiger partial charge in [0, 0.05) is 0 Å². The summed E-state index contributed by atoms with van der Waals surface area (Å²) in [5.74, 6) is 0.140. The second-order valence-corrected chi connectivity index (χ2v) is 5.98. The number of thioether (sulfide) groups is 1. The van der Waals surface area contributed by atoms with Crippen molar-refractivity contribution in [2.45, 2.75) is 30.9 Å². The minimum Gasteiger partial charge on any atom is -0.304 e. The number of rotatable bonds is 1. The largest absolute Gasteiger partial charge is 0.304 e. The van der Waals surface area contributed by atoms with Crippen molar-refractivity contribution in [1.82, 2.24) is 5.32 Å². The molecule has 1 saturated heterocycles. The lowest BCUT2D eigenvalue weighted by molar-refractivity contribution is -0.123. The highest BCUT2D eigenvalue weighted by atomic mass is 32.2. The van der Waals surface area contributed by atoms with Crippen LogP contribution < -0.4 is 5.32 Å². The van der Waals surface area contributed by atoms with E-state index >= 15 is 0 Å². The molecule has 0 aromatic heterocycles. The summed E-state index contributed by atoms with van der Waals surface area (Å²) in [4.78, 5) is 16.4. The van der Waals surface area contributed by atoms with E-state index in [2.05, 4.69) is 10.3 Å². The molecule has 1 saturated carbocycles. The molecule has 1 aliphatic heterocycles. The van der Waals surface area contributed by atoms with E-state index in [-0.39, 0.29) is 10.7 Å².